The Balaban J connectivity index is 2.48. The summed E-state index contributed by atoms with van der Waals surface area (Å²) in [5.74, 6) is 0.981. The lowest BCUT2D eigenvalue weighted by molar-refractivity contribution is 0.143. The molecular weight excluding hydrogens is 182 g/mol. The average molecular weight is 211 g/mol. The maximum absolute atomic E-state index is 6.23. The fourth-order valence-corrected chi connectivity index (χ4v) is 2.03. The van der Waals surface area contributed by atoms with Crippen molar-refractivity contribution in [2.45, 2.75) is 72.8 Å². The van der Waals surface area contributed by atoms with Crippen LogP contribution in [-0.2, 0) is 0 Å². The molecule has 90 valence electrons. The Morgan fingerprint density at radius 1 is 0.933 bits per heavy atom. The summed E-state index contributed by atoms with van der Waals surface area (Å²) in [4.78, 5) is 0. The van der Waals surface area contributed by atoms with Crippen LogP contribution in [0.2, 0.25) is 0 Å². The first-order valence-corrected chi connectivity index (χ1v) is 6.35. The molecule has 0 aromatic heterocycles. The highest BCUT2D eigenvalue weighted by Crippen LogP contribution is 2.49. The van der Waals surface area contributed by atoms with Crippen LogP contribution < -0.4 is 5.73 Å². The number of rotatable bonds is 5. The molecule has 2 N–H and O–H groups in total. The van der Waals surface area contributed by atoms with Crippen LogP contribution in [0.5, 0.6) is 0 Å². The van der Waals surface area contributed by atoms with Crippen molar-refractivity contribution in [1.29, 1.82) is 0 Å². The smallest absolute Gasteiger partial charge is 0.0148 e. The number of nitrogens with two attached hydrogens (primary N) is 1. The minimum Gasteiger partial charge on any atom is -0.325 e. The topological polar surface area (TPSA) is 26.0 Å². The van der Waals surface area contributed by atoms with Crippen molar-refractivity contribution in [3.8, 4) is 0 Å². The van der Waals surface area contributed by atoms with Gasteiger partial charge in [-0.15, -0.1) is 0 Å². The quantitative estimate of drug-likeness (QED) is 0.731. The molecular formula is C14H29N. The van der Waals surface area contributed by atoms with Crippen LogP contribution in [0.3, 0.4) is 0 Å². The molecule has 1 nitrogen and oxygen atoms in total. The molecule has 0 aliphatic heterocycles. The second kappa shape index (κ2) is 3.76. The molecule has 0 amide bonds. The Hall–Kier alpha value is -0.0400. The molecule has 1 saturated carbocycles. The average Bonchev–Trinajstić information content (AvgIpc) is 2.81. The van der Waals surface area contributed by atoms with Gasteiger partial charge in [0.05, 0.1) is 0 Å². The van der Waals surface area contributed by atoms with E-state index in [2.05, 4.69) is 41.5 Å². The Kier molecular flexibility index (Phi) is 3.27. The third kappa shape index (κ3) is 3.21. The van der Waals surface area contributed by atoms with E-state index in [1.807, 2.05) is 0 Å². The Labute approximate surface area is 95.8 Å². The van der Waals surface area contributed by atoms with Gasteiger partial charge >= 0.3 is 0 Å². The zero-order chi connectivity index (χ0) is 11.9. The Bertz CT molecular complexity index is 216. The zero-order valence-corrected chi connectivity index (χ0v) is 11.5. The molecule has 0 spiro atoms. The first kappa shape index (κ1) is 13.0. The predicted molar refractivity (Wildman–Crippen MR) is 67.8 cm³/mol. The maximum Gasteiger partial charge on any atom is 0.0148 e. The van der Waals surface area contributed by atoms with Crippen molar-refractivity contribution < 1.29 is 0 Å². The van der Waals surface area contributed by atoms with E-state index in [9.17, 15) is 0 Å². The van der Waals surface area contributed by atoms with E-state index in [0.717, 1.165) is 5.92 Å². The molecule has 0 bridgehead atoms. The summed E-state index contributed by atoms with van der Waals surface area (Å²) < 4.78 is 0. The SMILES string of the molecule is CC(C)(CCC(C)(C)C(C)(C)N)C1CC1. The van der Waals surface area contributed by atoms with E-state index in [0.29, 0.717) is 5.41 Å². The van der Waals surface area contributed by atoms with Gasteiger partial charge in [0.15, 0.2) is 0 Å². The zero-order valence-electron chi connectivity index (χ0n) is 11.5. The fourth-order valence-electron chi connectivity index (χ4n) is 2.03. The van der Waals surface area contributed by atoms with Crippen molar-refractivity contribution in [2.24, 2.45) is 22.5 Å². The van der Waals surface area contributed by atoms with Crippen LogP contribution in [0.1, 0.15) is 67.2 Å². The first-order valence-electron chi connectivity index (χ1n) is 6.35. The van der Waals surface area contributed by atoms with E-state index < -0.39 is 0 Å². The van der Waals surface area contributed by atoms with E-state index in [1.54, 1.807) is 0 Å². The molecule has 1 heteroatoms. The Morgan fingerprint density at radius 2 is 1.40 bits per heavy atom. The molecule has 0 aromatic rings. The molecule has 1 rings (SSSR count). The van der Waals surface area contributed by atoms with Crippen LogP contribution in [0.4, 0.5) is 0 Å². The summed E-state index contributed by atoms with van der Waals surface area (Å²) in [6.07, 6.45) is 5.43. The summed E-state index contributed by atoms with van der Waals surface area (Å²) in [5.41, 5.74) is 6.92. The first-order chi connectivity index (χ1) is 6.56. The van der Waals surface area contributed by atoms with Gasteiger partial charge < -0.3 is 5.73 Å². The van der Waals surface area contributed by atoms with Gasteiger partial charge in [-0.25, -0.2) is 0 Å². The van der Waals surface area contributed by atoms with Gasteiger partial charge in [-0.05, 0) is 56.3 Å². The minimum atomic E-state index is -0.0768. The molecule has 1 fully saturated rings. The Morgan fingerprint density at radius 3 is 1.73 bits per heavy atom. The van der Waals surface area contributed by atoms with E-state index in [-0.39, 0.29) is 11.0 Å². The fraction of sp³-hybridized carbons (Fsp3) is 1.00. The predicted octanol–water partition coefficient (Wildman–Crippen LogP) is 3.97. The van der Waals surface area contributed by atoms with Crippen LogP contribution >= 0.6 is 0 Å². The van der Waals surface area contributed by atoms with Gasteiger partial charge in [-0.1, -0.05) is 27.7 Å². The van der Waals surface area contributed by atoms with Gasteiger partial charge in [-0.3, -0.25) is 0 Å². The summed E-state index contributed by atoms with van der Waals surface area (Å²) in [6, 6.07) is 0. The van der Waals surface area contributed by atoms with Crippen LogP contribution in [0, 0.1) is 16.7 Å². The van der Waals surface area contributed by atoms with E-state index >= 15 is 0 Å². The lowest BCUT2D eigenvalue weighted by Gasteiger charge is -2.41. The number of hydrogen-bond donors (Lipinski definition) is 1. The van der Waals surface area contributed by atoms with Crippen LogP contribution in [0.15, 0.2) is 0 Å². The number of hydrogen-bond acceptors (Lipinski definition) is 1. The van der Waals surface area contributed by atoms with Crippen molar-refractivity contribution in [3.63, 3.8) is 0 Å². The van der Waals surface area contributed by atoms with Crippen molar-refractivity contribution in [3.05, 3.63) is 0 Å². The normalized spacial score (nSPS) is 19.4. The summed E-state index contributed by atoms with van der Waals surface area (Å²) >= 11 is 0. The molecule has 1 aliphatic rings. The van der Waals surface area contributed by atoms with E-state index in [1.165, 1.54) is 25.7 Å². The van der Waals surface area contributed by atoms with Gasteiger partial charge in [-0.2, -0.15) is 0 Å². The van der Waals surface area contributed by atoms with Gasteiger partial charge in [0.1, 0.15) is 0 Å². The van der Waals surface area contributed by atoms with Crippen molar-refractivity contribution in [1.82, 2.24) is 0 Å². The molecule has 0 radical (unpaired) electrons. The minimum absolute atomic E-state index is 0.0768. The molecule has 0 atom stereocenters. The highest BCUT2D eigenvalue weighted by molar-refractivity contribution is 4.94. The van der Waals surface area contributed by atoms with Gasteiger partial charge in [0, 0.05) is 5.54 Å². The molecule has 0 aromatic carbocycles. The molecule has 0 heterocycles. The maximum atomic E-state index is 6.23. The summed E-state index contributed by atoms with van der Waals surface area (Å²) in [5, 5.41) is 0. The molecule has 1 aliphatic carbocycles. The highest BCUT2D eigenvalue weighted by Gasteiger charge is 2.40. The standard InChI is InChI=1S/C14H29N/c1-12(2,11-7-8-11)9-10-13(3,4)14(5,6)15/h11H,7-10,15H2,1-6H3. The van der Waals surface area contributed by atoms with Crippen molar-refractivity contribution >= 4 is 0 Å². The monoisotopic (exact) mass is 211 g/mol. The molecule has 15 heavy (non-hydrogen) atoms. The third-order valence-corrected chi connectivity index (χ3v) is 4.82. The summed E-state index contributed by atoms with van der Waals surface area (Å²) in [7, 11) is 0. The molecule has 0 unspecified atom stereocenters. The summed E-state index contributed by atoms with van der Waals surface area (Å²) in [6.45, 7) is 13.7. The van der Waals surface area contributed by atoms with Gasteiger partial charge in [0.2, 0.25) is 0 Å². The van der Waals surface area contributed by atoms with E-state index in [4.69, 9.17) is 5.73 Å². The van der Waals surface area contributed by atoms with Crippen LogP contribution in [-0.4, -0.2) is 5.54 Å². The van der Waals surface area contributed by atoms with Gasteiger partial charge in [0.25, 0.3) is 0 Å². The highest BCUT2D eigenvalue weighted by atomic mass is 14.7. The second-order valence-electron chi connectivity index (χ2n) is 7.37. The largest absolute Gasteiger partial charge is 0.325 e. The second-order valence-corrected chi connectivity index (χ2v) is 7.37. The van der Waals surface area contributed by atoms with Crippen LogP contribution in [0.25, 0.3) is 0 Å². The lowest BCUT2D eigenvalue weighted by atomic mass is 9.68. The van der Waals surface area contributed by atoms with Crippen molar-refractivity contribution in [2.75, 3.05) is 0 Å². The molecule has 0 saturated heterocycles. The third-order valence-electron chi connectivity index (χ3n) is 4.82. The lowest BCUT2D eigenvalue weighted by Crippen LogP contribution is -2.47.